The summed E-state index contributed by atoms with van der Waals surface area (Å²) in [7, 11) is 0. The molecule has 5 nitrogen and oxygen atoms in total. The lowest BCUT2D eigenvalue weighted by Gasteiger charge is -2.10. The average Bonchev–Trinajstić information content (AvgIpc) is 3.10. The SMILES string of the molecule is Cc1cc(C)n(-c2ncc(-c3c(O)c(Cl)c(Cl)c(O)c3Cl)s2)n1. The third kappa shape index (κ3) is 2.65. The molecule has 0 unspecified atom stereocenters. The Balaban J connectivity index is 2.17. The van der Waals surface area contributed by atoms with Crippen LogP contribution in [0.25, 0.3) is 15.6 Å². The zero-order chi connectivity index (χ0) is 16.9. The van der Waals surface area contributed by atoms with E-state index in [1.807, 2.05) is 19.9 Å². The van der Waals surface area contributed by atoms with E-state index in [1.54, 1.807) is 4.68 Å². The van der Waals surface area contributed by atoms with Crippen molar-refractivity contribution >= 4 is 46.1 Å². The predicted octanol–water partition coefficient (Wildman–Crippen LogP) is 4.98. The number of halogens is 3. The van der Waals surface area contributed by atoms with Gasteiger partial charge >= 0.3 is 0 Å². The number of thiazole rings is 1. The average molecular weight is 391 g/mol. The number of benzene rings is 1. The fourth-order valence-corrected chi connectivity index (χ4v) is 3.90. The molecule has 0 saturated carbocycles. The van der Waals surface area contributed by atoms with Gasteiger partial charge in [0, 0.05) is 11.9 Å². The van der Waals surface area contributed by atoms with Gasteiger partial charge in [-0.05, 0) is 19.9 Å². The first kappa shape index (κ1) is 16.4. The molecule has 2 heterocycles. The number of aromatic hydroxyl groups is 2. The highest BCUT2D eigenvalue weighted by Gasteiger charge is 2.23. The Hall–Kier alpha value is -1.47. The second-order valence-electron chi connectivity index (χ2n) is 4.86. The van der Waals surface area contributed by atoms with Crippen LogP contribution in [0, 0.1) is 13.8 Å². The summed E-state index contributed by atoms with van der Waals surface area (Å²) in [5.74, 6) is -0.685. The van der Waals surface area contributed by atoms with E-state index in [0.29, 0.717) is 10.0 Å². The van der Waals surface area contributed by atoms with Crippen LogP contribution >= 0.6 is 46.1 Å². The molecule has 23 heavy (non-hydrogen) atoms. The molecule has 2 N–H and O–H groups in total. The van der Waals surface area contributed by atoms with Crippen molar-refractivity contribution in [2.45, 2.75) is 13.8 Å². The standard InChI is InChI=1S/C14H10Cl3N3O2S/c1-5-3-6(2)20(19-5)14-18-4-7(23-14)8-9(15)13(22)11(17)10(16)12(8)21/h3-4,21-22H,1-2H3. The van der Waals surface area contributed by atoms with Crippen LogP contribution in [0.1, 0.15) is 11.4 Å². The summed E-state index contributed by atoms with van der Waals surface area (Å²) in [6.07, 6.45) is 1.53. The molecule has 0 aliphatic carbocycles. The molecule has 3 rings (SSSR count). The topological polar surface area (TPSA) is 71.2 Å². The minimum absolute atomic E-state index is 0.0829. The smallest absolute Gasteiger partial charge is 0.211 e. The quantitative estimate of drug-likeness (QED) is 0.478. The molecule has 0 aliphatic rings. The van der Waals surface area contributed by atoms with Gasteiger partial charge in [0.05, 0.1) is 21.2 Å². The lowest BCUT2D eigenvalue weighted by Crippen LogP contribution is -1.97. The van der Waals surface area contributed by atoms with Crippen molar-refractivity contribution in [3.8, 4) is 27.1 Å². The maximum Gasteiger partial charge on any atom is 0.211 e. The first-order valence-corrected chi connectivity index (χ1v) is 8.34. The summed E-state index contributed by atoms with van der Waals surface area (Å²) in [6, 6.07) is 1.93. The zero-order valence-electron chi connectivity index (χ0n) is 11.9. The Morgan fingerprint density at radius 2 is 1.70 bits per heavy atom. The third-order valence-corrected chi connectivity index (χ3v) is 5.39. The Labute approximate surface area is 150 Å². The minimum atomic E-state index is -0.382. The van der Waals surface area contributed by atoms with Crippen LogP contribution in [0.2, 0.25) is 15.1 Å². The Morgan fingerprint density at radius 1 is 1.04 bits per heavy atom. The summed E-state index contributed by atoms with van der Waals surface area (Å²) >= 11 is 19.1. The molecular weight excluding hydrogens is 381 g/mol. The van der Waals surface area contributed by atoms with E-state index in [2.05, 4.69) is 10.1 Å². The molecule has 1 aromatic carbocycles. The van der Waals surface area contributed by atoms with Crippen molar-refractivity contribution in [3.05, 3.63) is 38.7 Å². The number of aromatic nitrogens is 3. The molecule has 0 amide bonds. The largest absolute Gasteiger partial charge is 0.506 e. The predicted molar refractivity (Wildman–Crippen MR) is 92.5 cm³/mol. The lowest BCUT2D eigenvalue weighted by atomic mass is 10.1. The molecule has 0 spiro atoms. The number of phenolic OH excluding ortho intramolecular Hbond substituents is 2. The van der Waals surface area contributed by atoms with Crippen LogP contribution in [-0.2, 0) is 0 Å². The van der Waals surface area contributed by atoms with Crippen LogP contribution in [0.15, 0.2) is 12.3 Å². The normalized spacial score (nSPS) is 11.2. The molecular formula is C14H10Cl3N3O2S. The third-order valence-electron chi connectivity index (χ3n) is 3.20. The van der Waals surface area contributed by atoms with Gasteiger partial charge in [0.15, 0.2) is 5.75 Å². The fraction of sp³-hybridized carbons (Fsp3) is 0.143. The van der Waals surface area contributed by atoms with Gasteiger partial charge in [-0.25, -0.2) is 9.67 Å². The van der Waals surface area contributed by atoms with Crippen LogP contribution in [-0.4, -0.2) is 25.0 Å². The van der Waals surface area contributed by atoms with Crippen LogP contribution < -0.4 is 0 Å². The molecule has 120 valence electrons. The van der Waals surface area contributed by atoms with E-state index < -0.39 is 0 Å². The van der Waals surface area contributed by atoms with E-state index in [9.17, 15) is 10.2 Å². The number of rotatable bonds is 2. The summed E-state index contributed by atoms with van der Waals surface area (Å²) in [6.45, 7) is 3.80. The number of hydrogen-bond donors (Lipinski definition) is 2. The highest BCUT2D eigenvalue weighted by atomic mass is 35.5. The summed E-state index contributed by atoms with van der Waals surface area (Å²) in [5, 5.41) is 24.7. The van der Waals surface area contributed by atoms with Gasteiger partial charge in [0.1, 0.15) is 15.8 Å². The van der Waals surface area contributed by atoms with E-state index >= 15 is 0 Å². The van der Waals surface area contributed by atoms with Crippen molar-refractivity contribution in [2.75, 3.05) is 0 Å². The number of hydrogen-bond acceptors (Lipinski definition) is 5. The van der Waals surface area contributed by atoms with Crippen LogP contribution in [0.5, 0.6) is 11.5 Å². The molecule has 0 radical (unpaired) electrons. The number of nitrogens with zero attached hydrogens (tertiary/aromatic N) is 3. The Kier molecular flexibility index (Phi) is 4.18. The van der Waals surface area contributed by atoms with Gasteiger partial charge in [0.2, 0.25) is 5.13 Å². The second-order valence-corrected chi connectivity index (χ2v) is 7.00. The van der Waals surface area contributed by atoms with Crippen LogP contribution in [0.3, 0.4) is 0 Å². The van der Waals surface area contributed by atoms with E-state index in [4.69, 9.17) is 34.8 Å². The van der Waals surface area contributed by atoms with E-state index in [0.717, 1.165) is 11.4 Å². The highest BCUT2D eigenvalue weighted by Crippen LogP contribution is 2.51. The molecule has 0 saturated heterocycles. The summed E-state index contributed by atoms with van der Waals surface area (Å²) < 4.78 is 1.69. The summed E-state index contributed by atoms with van der Waals surface area (Å²) in [4.78, 5) is 4.82. The van der Waals surface area contributed by atoms with Gasteiger partial charge in [-0.15, -0.1) is 0 Å². The van der Waals surface area contributed by atoms with Crippen molar-refractivity contribution < 1.29 is 10.2 Å². The van der Waals surface area contributed by atoms with Crippen molar-refractivity contribution in [3.63, 3.8) is 0 Å². The molecule has 3 aromatic rings. The van der Waals surface area contributed by atoms with E-state index in [-0.39, 0.29) is 32.1 Å². The Bertz CT molecular complexity index is 891. The summed E-state index contributed by atoms with van der Waals surface area (Å²) in [5.41, 5.74) is 1.98. The van der Waals surface area contributed by atoms with Crippen molar-refractivity contribution in [1.82, 2.24) is 14.8 Å². The molecule has 9 heteroatoms. The molecule has 0 atom stereocenters. The van der Waals surface area contributed by atoms with Gasteiger partial charge in [-0.3, -0.25) is 0 Å². The maximum atomic E-state index is 10.2. The molecule has 0 fully saturated rings. The van der Waals surface area contributed by atoms with Crippen molar-refractivity contribution in [1.29, 1.82) is 0 Å². The lowest BCUT2D eigenvalue weighted by molar-refractivity contribution is 0.462. The number of aryl methyl sites for hydroxylation is 2. The first-order valence-electron chi connectivity index (χ1n) is 6.39. The van der Waals surface area contributed by atoms with Crippen molar-refractivity contribution in [2.24, 2.45) is 0 Å². The molecule has 0 bridgehead atoms. The maximum absolute atomic E-state index is 10.2. The monoisotopic (exact) mass is 389 g/mol. The highest BCUT2D eigenvalue weighted by molar-refractivity contribution is 7.17. The van der Waals surface area contributed by atoms with Gasteiger partial charge in [-0.1, -0.05) is 46.1 Å². The van der Waals surface area contributed by atoms with E-state index in [1.165, 1.54) is 17.5 Å². The van der Waals surface area contributed by atoms with Crippen LogP contribution in [0.4, 0.5) is 0 Å². The number of phenols is 2. The fourth-order valence-electron chi connectivity index (χ4n) is 2.16. The minimum Gasteiger partial charge on any atom is -0.506 e. The second kappa shape index (κ2) is 5.87. The molecule has 2 aromatic heterocycles. The van der Waals surface area contributed by atoms with Gasteiger partial charge in [-0.2, -0.15) is 5.10 Å². The Morgan fingerprint density at radius 3 is 2.30 bits per heavy atom. The van der Waals surface area contributed by atoms with Gasteiger partial charge < -0.3 is 10.2 Å². The molecule has 0 aliphatic heterocycles. The van der Waals surface area contributed by atoms with Gasteiger partial charge in [0.25, 0.3) is 0 Å². The first-order chi connectivity index (χ1) is 10.8. The zero-order valence-corrected chi connectivity index (χ0v) is 15.0.